The monoisotopic (exact) mass is 428 g/mol. The van der Waals surface area contributed by atoms with E-state index in [0.717, 1.165) is 5.56 Å². The summed E-state index contributed by atoms with van der Waals surface area (Å²) >= 11 is 6.32. The fourth-order valence-electron chi connectivity index (χ4n) is 2.78. The van der Waals surface area contributed by atoms with E-state index >= 15 is 0 Å². The van der Waals surface area contributed by atoms with Crippen LogP contribution in [-0.4, -0.2) is 51.3 Å². The summed E-state index contributed by atoms with van der Waals surface area (Å²) in [6, 6.07) is 5.43. The van der Waals surface area contributed by atoms with Crippen LogP contribution < -0.4 is 10.1 Å². The number of rotatable bonds is 7. The molecule has 30 heavy (non-hydrogen) atoms. The van der Waals surface area contributed by atoms with Crippen LogP contribution in [0.2, 0.25) is 5.02 Å². The van der Waals surface area contributed by atoms with Crippen molar-refractivity contribution in [3.05, 3.63) is 47.4 Å². The SMILES string of the molecule is CCN(C)C(=O)c1ccc(Nc2ncc(Cl)c(-c3cnn(C(C)C)c3)n2)c(OC)c1. The number of amides is 1. The molecular formula is C21H25ClN6O2. The molecule has 0 aliphatic carbocycles. The first-order chi connectivity index (χ1) is 14.3. The van der Waals surface area contributed by atoms with Gasteiger partial charge in [0.25, 0.3) is 5.91 Å². The summed E-state index contributed by atoms with van der Waals surface area (Å²) in [7, 11) is 3.30. The van der Waals surface area contributed by atoms with Gasteiger partial charge in [-0.15, -0.1) is 0 Å². The van der Waals surface area contributed by atoms with Gasteiger partial charge in [0.1, 0.15) is 5.75 Å². The molecule has 0 aliphatic heterocycles. The van der Waals surface area contributed by atoms with Crippen molar-refractivity contribution in [2.45, 2.75) is 26.8 Å². The van der Waals surface area contributed by atoms with E-state index in [1.165, 1.54) is 0 Å². The average molecular weight is 429 g/mol. The van der Waals surface area contributed by atoms with E-state index in [2.05, 4.69) is 20.4 Å². The van der Waals surface area contributed by atoms with Gasteiger partial charge < -0.3 is 15.0 Å². The lowest BCUT2D eigenvalue weighted by Gasteiger charge is -2.16. The molecule has 0 saturated heterocycles. The van der Waals surface area contributed by atoms with E-state index < -0.39 is 0 Å². The van der Waals surface area contributed by atoms with Crippen LogP contribution in [0, 0.1) is 0 Å². The van der Waals surface area contributed by atoms with Gasteiger partial charge in [-0.25, -0.2) is 9.97 Å². The Morgan fingerprint density at radius 1 is 1.33 bits per heavy atom. The number of carbonyl (C=O) groups is 1. The number of hydrogen-bond donors (Lipinski definition) is 1. The first kappa shape index (κ1) is 21.6. The van der Waals surface area contributed by atoms with Gasteiger partial charge in [-0.1, -0.05) is 11.6 Å². The lowest BCUT2D eigenvalue weighted by molar-refractivity contribution is 0.0802. The molecule has 1 amide bonds. The normalized spacial score (nSPS) is 10.9. The van der Waals surface area contributed by atoms with E-state index in [4.69, 9.17) is 16.3 Å². The van der Waals surface area contributed by atoms with E-state index in [-0.39, 0.29) is 11.9 Å². The second-order valence-electron chi connectivity index (χ2n) is 7.05. The van der Waals surface area contributed by atoms with Gasteiger partial charge in [-0.05, 0) is 39.0 Å². The van der Waals surface area contributed by atoms with Crippen LogP contribution in [0.4, 0.5) is 11.6 Å². The van der Waals surface area contributed by atoms with Crippen molar-refractivity contribution in [1.82, 2.24) is 24.6 Å². The molecule has 158 valence electrons. The number of methoxy groups -OCH3 is 1. The lowest BCUT2D eigenvalue weighted by Crippen LogP contribution is -2.26. The molecule has 3 aromatic rings. The van der Waals surface area contributed by atoms with Crippen molar-refractivity contribution in [2.24, 2.45) is 0 Å². The third-order valence-electron chi connectivity index (χ3n) is 4.66. The molecule has 0 aliphatic rings. The Labute approximate surface area is 180 Å². The molecule has 0 unspecified atom stereocenters. The van der Waals surface area contributed by atoms with E-state index in [1.54, 1.807) is 49.7 Å². The number of hydrogen-bond acceptors (Lipinski definition) is 6. The molecule has 9 heteroatoms. The Kier molecular flexibility index (Phi) is 6.56. The zero-order valence-electron chi connectivity index (χ0n) is 17.7. The summed E-state index contributed by atoms with van der Waals surface area (Å²) in [5.74, 6) is 0.794. The maximum Gasteiger partial charge on any atom is 0.253 e. The number of carbonyl (C=O) groups excluding carboxylic acids is 1. The molecule has 0 spiro atoms. The summed E-state index contributed by atoms with van der Waals surface area (Å²) in [5.41, 5.74) is 2.56. The molecular weight excluding hydrogens is 404 g/mol. The molecule has 0 radical (unpaired) electrons. The van der Waals surface area contributed by atoms with Crippen LogP contribution in [0.3, 0.4) is 0 Å². The number of halogens is 1. The minimum Gasteiger partial charge on any atom is -0.495 e. The number of benzene rings is 1. The Morgan fingerprint density at radius 2 is 2.10 bits per heavy atom. The van der Waals surface area contributed by atoms with Crippen LogP contribution in [0.25, 0.3) is 11.3 Å². The average Bonchev–Trinajstić information content (AvgIpc) is 3.24. The highest BCUT2D eigenvalue weighted by Crippen LogP contribution is 2.31. The molecule has 0 fully saturated rings. The Morgan fingerprint density at radius 3 is 2.73 bits per heavy atom. The summed E-state index contributed by atoms with van der Waals surface area (Å²) in [6.45, 7) is 6.63. The molecule has 1 N–H and O–H groups in total. The highest BCUT2D eigenvalue weighted by molar-refractivity contribution is 6.32. The van der Waals surface area contributed by atoms with E-state index in [0.29, 0.717) is 40.2 Å². The predicted molar refractivity (Wildman–Crippen MR) is 118 cm³/mol. The maximum absolute atomic E-state index is 12.4. The fourth-order valence-corrected chi connectivity index (χ4v) is 2.98. The number of anilines is 2. The second-order valence-corrected chi connectivity index (χ2v) is 7.46. The van der Waals surface area contributed by atoms with Crippen molar-refractivity contribution >= 4 is 29.1 Å². The van der Waals surface area contributed by atoms with Crippen LogP contribution in [0.5, 0.6) is 5.75 Å². The lowest BCUT2D eigenvalue weighted by atomic mass is 10.1. The number of ether oxygens (including phenoxy) is 1. The van der Waals surface area contributed by atoms with Crippen molar-refractivity contribution in [1.29, 1.82) is 0 Å². The largest absolute Gasteiger partial charge is 0.495 e. The molecule has 1 aromatic carbocycles. The first-order valence-corrected chi connectivity index (χ1v) is 9.99. The predicted octanol–water partition coefficient (Wildman–Crippen LogP) is 4.42. The highest BCUT2D eigenvalue weighted by atomic mass is 35.5. The number of aromatic nitrogens is 4. The maximum atomic E-state index is 12.4. The number of nitrogens with zero attached hydrogens (tertiary/aromatic N) is 5. The van der Waals surface area contributed by atoms with Crippen LogP contribution in [0.15, 0.2) is 36.8 Å². The smallest absolute Gasteiger partial charge is 0.253 e. The zero-order valence-corrected chi connectivity index (χ0v) is 18.4. The van der Waals surface area contributed by atoms with E-state index in [9.17, 15) is 4.79 Å². The summed E-state index contributed by atoms with van der Waals surface area (Å²) in [5, 5.41) is 7.91. The molecule has 0 atom stereocenters. The molecule has 0 bridgehead atoms. The summed E-state index contributed by atoms with van der Waals surface area (Å²) in [4.78, 5) is 22.8. The van der Waals surface area contributed by atoms with Gasteiger partial charge in [-0.3, -0.25) is 9.48 Å². The fraction of sp³-hybridized carbons (Fsp3) is 0.333. The molecule has 8 nitrogen and oxygen atoms in total. The van der Waals surface area contributed by atoms with Gasteiger partial charge in [0.2, 0.25) is 5.95 Å². The third-order valence-corrected chi connectivity index (χ3v) is 4.94. The Balaban J connectivity index is 1.90. The van der Waals surface area contributed by atoms with Gasteiger partial charge in [-0.2, -0.15) is 5.10 Å². The Hall–Kier alpha value is -3.13. The van der Waals surface area contributed by atoms with Crippen molar-refractivity contribution < 1.29 is 9.53 Å². The molecule has 3 rings (SSSR count). The van der Waals surface area contributed by atoms with Crippen molar-refractivity contribution in [3.8, 4) is 17.0 Å². The third kappa shape index (κ3) is 4.54. The van der Waals surface area contributed by atoms with Crippen molar-refractivity contribution in [3.63, 3.8) is 0 Å². The zero-order chi connectivity index (χ0) is 21.8. The van der Waals surface area contributed by atoms with E-state index in [1.807, 2.05) is 31.6 Å². The van der Waals surface area contributed by atoms with Crippen LogP contribution >= 0.6 is 11.6 Å². The standard InChI is InChI=1S/C21H25ClN6O2/c1-6-27(4)20(29)14-7-8-17(18(9-14)30-5)25-21-23-11-16(22)19(26-21)15-10-24-28(12-15)13(2)3/h7-13H,6H2,1-5H3,(H,23,25,26). The summed E-state index contributed by atoms with van der Waals surface area (Å²) in [6.07, 6.45) is 5.16. The van der Waals surface area contributed by atoms with Gasteiger partial charge in [0.15, 0.2) is 0 Å². The first-order valence-electron chi connectivity index (χ1n) is 9.61. The topological polar surface area (TPSA) is 85.2 Å². The Bertz CT molecular complexity index is 1050. The van der Waals surface area contributed by atoms with Gasteiger partial charge in [0, 0.05) is 37.0 Å². The minimum absolute atomic E-state index is 0.0745. The summed E-state index contributed by atoms with van der Waals surface area (Å²) < 4.78 is 7.30. The van der Waals surface area contributed by atoms with Gasteiger partial charge in [0.05, 0.1) is 35.9 Å². The molecule has 0 saturated carbocycles. The van der Waals surface area contributed by atoms with Crippen LogP contribution in [0.1, 0.15) is 37.2 Å². The second kappa shape index (κ2) is 9.13. The van der Waals surface area contributed by atoms with Crippen molar-refractivity contribution in [2.75, 3.05) is 26.0 Å². The van der Waals surface area contributed by atoms with Crippen LogP contribution in [-0.2, 0) is 0 Å². The molecule has 2 heterocycles. The number of nitrogens with one attached hydrogen (secondary N) is 1. The highest BCUT2D eigenvalue weighted by Gasteiger charge is 2.15. The quantitative estimate of drug-likeness (QED) is 0.599. The van der Waals surface area contributed by atoms with Gasteiger partial charge >= 0.3 is 0 Å². The minimum atomic E-state index is -0.0745. The molecule has 2 aromatic heterocycles.